The van der Waals surface area contributed by atoms with E-state index in [0.29, 0.717) is 52.8 Å². The maximum atomic E-state index is 13.0. The Hall–Kier alpha value is -2.48. The lowest BCUT2D eigenvalue weighted by molar-refractivity contribution is -0.143. The molecule has 8 heteroatoms. The van der Waals surface area contributed by atoms with Gasteiger partial charge in [0.05, 0.1) is 39.2 Å². The molecule has 1 saturated heterocycles. The molecule has 2 aromatic heterocycles. The number of hydrogen-bond donors (Lipinski definition) is 0. The number of amides is 1. The molecule has 3 aromatic rings. The highest BCUT2D eigenvalue weighted by molar-refractivity contribution is 7.19. The number of thiophene rings is 1. The van der Waals surface area contributed by atoms with E-state index >= 15 is 0 Å². The zero-order chi connectivity index (χ0) is 20.4. The summed E-state index contributed by atoms with van der Waals surface area (Å²) in [6.07, 6.45) is -0.882. The number of carbonyl (C=O) groups excluding carboxylic acids is 2. The lowest BCUT2D eigenvalue weighted by Gasteiger charge is -2.29. The standard InChI is InChI=1S/C21H19ClN2O4S/c1-13(20(25)24-8-10-27-11-9-24)28-21(26)15-12-17(18-6-7-19(22)29-18)23-16-5-3-2-4-14(15)16/h2-7,12-13H,8-11H2,1H3. The van der Waals surface area contributed by atoms with Crippen LogP contribution in [0.4, 0.5) is 0 Å². The van der Waals surface area contributed by atoms with Gasteiger partial charge in [-0.2, -0.15) is 0 Å². The topological polar surface area (TPSA) is 68.7 Å². The summed E-state index contributed by atoms with van der Waals surface area (Å²) in [4.78, 5) is 32.7. The van der Waals surface area contributed by atoms with Crippen LogP contribution < -0.4 is 0 Å². The van der Waals surface area contributed by atoms with Crippen LogP contribution in [0.25, 0.3) is 21.5 Å². The summed E-state index contributed by atoms with van der Waals surface area (Å²) in [6.45, 7) is 3.59. The van der Waals surface area contributed by atoms with E-state index in [1.165, 1.54) is 11.3 Å². The first-order valence-electron chi connectivity index (χ1n) is 9.26. The highest BCUT2D eigenvalue weighted by atomic mass is 35.5. The van der Waals surface area contributed by atoms with Gasteiger partial charge in [-0.25, -0.2) is 9.78 Å². The third kappa shape index (κ3) is 4.27. The predicted molar refractivity (Wildman–Crippen MR) is 112 cm³/mol. The Kier molecular flexibility index (Phi) is 5.80. The number of ether oxygens (including phenoxy) is 2. The van der Waals surface area contributed by atoms with Gasteiger partial charge in [0.2, 0.25) is 0 Å². The number of halogens is 1. The zero-order valence-corrected chi connectivity index (χ0v) is 17.3. The first-order chi connectivity index (χ1) is 14.0. The molecule has 1 aromatic carbocycles. The summed E-state index contributed by atoms with van der Waals surface area (Å²) in [5.41, 5.74) is 1.69. The third-order valence-electron chi connectivity index (χ3n) is 4.72. The van der Waals surface area contributed by atoms with E-state index in [1.54, 1.807) is 24.0 Å². The second-order valence-electron chi connectivity index (χ2n) is 6.66. The van der Waals surface area contributed by atoms with Crippen molar-refractivity contribution >= 4 is 45.7 Å². The maximum Gasteiger partial charge on any atom is 0.339 e. The molecule has 0 bridgehead atoms. The first-order valence-corrected chi connectivity index (χ1v) is 10.5. The third-order valence-corrected chi connectivity index (χ3v) is 5.97. The second kappa shape index (κ2) is 8.49. The van der Waals surface area contributed by atoms with Gasteiger partial charge in [0.15, 0.2) is 6.10 Å². The lowest BCUT2D eigenvalue weighted by Crippen LogP contribution is -2.46. The van der Waals surface area contributed by atoms with Gasteiger partial charge in [0, 0.05) is 18.5 Å². The molecule has 4 rings (SSSR count). The number of fused-ring (bicyclic) bond motifs is 1. The molecule has 0 N–H and O–H groups in total. The fraction of sp³-hybridized carbons (Fsp3) is 0.286. The quantitative estimate of drug-likeness (QED) is 0.585. The van der Waals surface area contributed by atoms with Gasteiger partial charge >= 0.3 is 5.97 Å². The Balaban J connectivity index is 1.63. The smallest absolute Gasteiger partial charge is 0.339 e. The van der Waals surface area contributed by atoms with Crippen LogP contribution >= 0.6 is 22.9 Å². The van der Waals surface area contributed by atoms with E-state index in [2.05, 4.69) is 4.98 Å². The average molecular weight is 431 g/mol. The number of esters is 1. The van der Waals surface area contributed by atoms with E-state index in [1.807, 2.05) is 30.3 Å². The molecule has 1 atom stereocenters. The Morgan fingerprint density at radius 2 is 1.97 bits per heavy atom. The van der Waals surface area contributed by atoms with Crippen LogP contribution in [0.2, 0.25) is 4.34 Å². The molecule has 3 heterocycles. The van der Waals surface area contributed by atoms with Gasteiger partial charge in [-0.3, -0.25) is 4.79 Å². The molecule has 1 aliphatic heterocycles. The van der Waals surface area contributed by atoms with Gasteiger partial charge in [-0.1, -0.05) is 29.8 Å². The van der Waals surface area contributed by atoms with Crippen LogP contribution in [0.1, 0.15) is 17.3 Å². The first kappa shape index (κ1) is 19.8. The number of pyridine rings is 1. The second-order valence-corrected chi connectivity index (χ2v) is 8.38. The summed E-state index contributed by atoms with van der Waals surface area (Å²) < 4.78 is 11.4. The molecule has 0 spiro atoms. The van der Waals surface area contributed by atoms with Crippen LogP contribution in [0.3, 0.4) is 0 Å². The van der Waals surface area contributed by atoms with Crippen molar-refractivity contribution in [2.45, 2.75) is 13.0 Å². The van der Waals surface area contributed by atoms with Crippen molar-refractivity contribution in [3.8, 4) is 10.6 Å². The summed E-state index contributed by atoms with van der Waals surface area (Å²) in [7, 11) is 0. The number of aromatic nitrogens is 1. The molecular formula is C21H19ClN2O4S. The van der Waals surface area contributed by atoms with Crippen molar-refractivity contribution in [2.75, 3.05) is 26.3 Å². The van der Waals surface area contributed by atoms with Gasteiger partial charge in [-0.05, 0) is 31.2 Å². The van der Waals surface area contributed by atoms with Crippen LogP contribution in [0.5, 0.6) is 0 Å². The van der Waals surface area contributed by atoms with E-state index in [4.69, 9.17) is 21.1 Å². The number of rotatable bonds is 4. The summed E-state index contributed by atoms with van der Waals surface area (Å²) in [6, 6.07) is 12.7. The number of carbonyl (C=O) groups is 2. The Morgan fingerprint density at radius 1 is 1.21 bits per heavy atom. The van der Waals surface area contributed by atoms with E-state index in [-0.39, 0.29) is 5.91 Å². The van der Waals surface area contributed by atoms with Gasteiger partial charge in [-0.15, -0.1) is 11.3 Å². The SMILES string of the molecule is CC(OC(=O)c1cc(-c2ccc(Cl)s2)nc2ccccc12)C(=O)N1CCOCC1. The number of para-hydroxylation sites is 1. The van der Waals surface area contributed by atoms with Gasteiger partial charge in [0.1, 0.15) is 0 Å². The fourth-order valence-corrected chi connectivity index (χ4v) is 4.24. The minimum atomic E-state index is -0.882. The fourth-order valence-electron chi connectivity index (χ4n) is 3.24. The molecule has 0 saturated carbocycles. The molecule has 6 nitrogen and oxygen atoms in total. The minimum absolute atomic E-state index is 0.217. The zero-order valence-electron chi connectivity index (χ0n) is 15.8. The van der Waals surface area contributed by atoms with Crippen LogP contribution in [-0.4, -0.2) is 54.2 Å². The normalized spacial score (nSPS) is 15.3. The monoisotopic (exact) mass is 430 g/mol. The van der Waals surface area contributed by atoms with Crippen molar-refractivity contribution in [3.63, 3.8) is 0 Å². The summed E-state index contributed by atoms with van der Waals surface area (Å²) >= 11 is 7.44. The minimum Gasteiger partial charge on any atom is -0.449 e. The Labute approximate surface area is 177 Å². The van der Waals surface area contributed by atoms with Crippen molar-refractivity contribution in [2.24, 2.45) is 0 Å². The molecule has 1 aliphatic rings. The molecule has 1 fully saturated rings. The van der Waals surface area contributed by atoms with Crippen LogP contribution in [0.15, 0.2) is 42.5 Å². The Morgan fingerprint density at radius 3 is 2.69 bits per heavy atom. The van der Waals surface area contributed by atoms with Crippen molar-refractivity contribution < 1.29 is 19.1 Å². The van der Waals surface area contributed by atoms with Gasteiger partial charge in [0.25, 0.3) is 5.91 Å². The average Bonchev–Trinajstić information content (AvgIpc) is 3.19. The lowest BCUT2D eigenvalue weighted by atomic mass is 10.1. The Bertz CT molecular complexity index is 1060. The van der Waals surface area contributed by atoms with E-state index in [0.717, 1.165) is 4.88 Å². The molecule has 1 unspecified atom stereocenters. The predicted octanol–water partition coefficient (Wildman–Crippen LogP) is 4.02. The van der Waals surface area contributed by atoms with E-state index in [9.17, 15) is 9.59 Å². The van der Waals surface area contributed by atoms with Gasteiger partial charge < -0.3 is 14.4 Å². The van der Waals surface area contributed by atoms with Crippen LogP contribution in [0, 0.1) is 0 Å². The number of hydrogen-bond acceptors (Lipinski definition) is 6. The molecule has 150 valence electrons. The van der Waals surface area contributed by atoms with Crippen molar-refractivity contribution in [1.29, 1.82) is 0 Å². The number of morpholine rings is 1. The highest BCUT2D eigenvalue weighted by Crippen LogP contribution is 2.32. The molecule has 29 heavy (non-hydrogen) atoms. The molecule has 0 radical (unpaired) electrons. The maximum absolute atomic E-state index is 13.0. The molecular weight excluding hydrogens is 412 g/mol. The summed E-state index contributed by atoms with van der Waals surface area (Å²) in [5.74, 6) is -0.771. The number of benzene rings is 1. The summed E-state index contributed by atoms with van der Waals surface area (Å²) in [5, 5.41) is 0.676. The molecule has 1 amide bonds. The van der Waals surface area contributed by atoms with Crippen molar-refractivity contribution in [3.05, 3.63) is 52.4 Å². The molecule has 0 aliphatic carbocycles. The van der Waals surface area contributed by atoms with Crippen LogP contribution in [-0.2, 0) is 14.3 Å². The highest BCUT2D eigenvalue weighted by Gasteiger charge is 2.26. The van der Waals surface area contributed by atoms with Crippen molar-refractivity contribution in [1.82, 2.24) is 9.88 Å². The largest absolute Gasteiger partial charge is 0.449 e. The van der Waals surface area contributed by atoms with E-state index < -0.39 is 12.1 Å². The number of nitrogens with zero attached hydrogens (tertiary/aromatic N) is 2.